The van der Waals surface area contributed by atoms with Gasteiger partial charge in [-0.2, -0.15) is 0 Å². The predicted octanol–water partition coefficient (Wildman–Crippen LogP) is 3.29. The molecule has 2 aromatic carbocycles. The number of amides is 1. The highest BCUT2D eigenvalue weighted by molar-refractivity contribution is 6.07. The number of carbonyl (C=O) groups is 1. The Kier molecular flexibility index (Phi) is 2.91. The second-order valence-electron chi connectivity index (χ2n) is 4.57. The third-order valence-corrected chi connectivity index (χ3v) is 3.24. The summed E-state index contributed by atoms with van der Waals surface area (Å²) in [6.07, 6.45) is 0. The predicted molar refractivity (Wildman–Crippen MR) is 79.8 cm³/mol. The molecule has 0 fully saturated rings. The first-order valence-corrected chi connectivity index (χ1v) is 6.28. The minimum Gasteiger partial charge on any atom is -0.451 e. The van der Waals surface area contributed by atoms with Crippen LogP contribution in [-0.2, 0) is 0 Å². The Hall–Kier alpha value is -2.75. The number of hydrogen-bond donors (Lipinski definition) is 1. The lowest BCUT2D eigenvalue weighted by molar-refractivity contribution is 0.0968. The van der Waals surface area contributed by atoms with E-state index in [0.29, 0.717) is 22.7 Å². The molecule has 1 heterocycles. The Bertz CT molecular complexity index is 744. The highest BCUT2D eigenvalue weighted by Crippen LogP contribution is 2.25. The van der Waals surface area contributed by atoms with Gasteiger partial charge in [-0.05, 0) is 24.3 Å². The van der Waals surface area contributed by atoms with E-state index < -0.39 is 0 Å². The highest BCUT2D eigenvalue weighted by Gasteiger charge is 2.19. The molecule has 0 saturated heterocycles. The van der Waals surface area contributed by atoms with Crippen LogP contribution in [0.15, 0.2) is 59.0 Å². The molecule has 0 aliphatic carbocycles. The Morgan fingerprint density at radius 3 is 2.55 bits per heavy atom. The van der Waals surface area contributed by atoms with Crippen LogP contribution in [0.4, 0.5) is 11.4 Å². The fourth-order valence-electron chi connectivity index (χ4n) is 2.15. The van der Waals surface area contributed by atoms with E-state index in [-0.39, 0.29) is 5.91 Å². The van der Waals surface area contributed by atoms with Crippen molar-refractivity contribution in [2.75, 3.05) is 17.7 Å². The minimum atomic E-state index is -0.223. The van der Waals surface area contributed by atoms with Crippen molar-refractivity contribution in [3.05, 3.63) is 60.4 Å². The number of nitrogens with zero attached hydrogens (tertiary/aromatic N) is 1. The van der Waals surface area contributed by atoms with Crippen LogP contribution in [0, 0.1) is 0 Å². The van der Waals surface area contributed by atoms with Crippen LogP contribution in [-0.4, -0.2) is 13.0 Å². The Balaban J connectivity index is 1.98. The molecule has 0 bridgehead atoms. The fraction of sp³-hybridized carbons (Fsp3) is 0.0625. The highest BCUT2D eigenvalue weighted by atomic mass is 16.3. The second-order valence-corrected chi connectivity index (χ2v) is 4.57. The van der Waals surface area contributed by atoms with Gasteiger partial charge in [-0.1, -0.05) is 30.3 Å². The molecule has 0 unspecified atom stereocenters. The fourth-order valence-corrected chi connectivity index (χ4v) is 2.15. The van der Waals surface area contributed by atoms with Gasteiger partial charge in [-0.25, -0.2) is 0 Å². The SMILES string of the molecule is CN(C(=O)c1cc2ccccc2o1)c1ccccc1N. The summed E-state index contributed by atoms with van der Waals surface area (Å²) in [5.74, 6) is 0.0797. The number of para-hydroxylation sites is 3. The van der Waals surface area contributed by atoms with E-state index >= 15 is 0 Å². The summed E-state index contributed by atoms with van der Waals surface area (Å²) in [5.41, 5.74) is 7.81. The summed E-state index contributed by atoms with van der Waals surface area (Å²) < 4.78 is 5.58. The quantitative estimate of drug-likeness (QED) is 0.724. The molecule has 1 aromatic heterocycles. The molecular weight excluding hydrogens is 252 g/mol. The molecule has 1 amide bonds. The Labute approximate surface area is 116 Å². The topological polar surface area (TPSA) is 59.5 Å². The van der Waals surface area contributed by atoms with E-state index in [2.05, 4.69) is 0 Å². The van der Waals surface area contributed by atoms with Gasteiger partial charge in [-0.3, -0.25) is 4.79 Å². The van der Waals surface area contributed by atoms with Crippen LogP contribution in [0.1, 0.15) is 10.6 Å². The van der Waals surface area contributed by atoms with Gasteiger partial charge in [0, 0.05) is 12.4 Å². The van der Waals surface area contributed by atoms with Crippen molar-refractivity contribution >= 4 is 28.3 Å². The summed E-state index contributed by atoms with van der Waals surface area (Å²) in [7, 11) is 1.68. The number of fused-ring (bicyclic) bond motifs is 1. The molecule has 4 nitrogen and oxygen atoms in total. The van der Waals surface area contributed by atoms with Gasteiger partial charge in [0.1, 0.15) is 5.58 Å². The zero-order valence-electron chi connectivity index (χ0n) is 11.0. The molecule has 2 N–H and O–H groups in total. The molecule has 3 aromatic rings. The van der Waals surface area contributed by atoms with Gasteiger partial charge in [0.05, 0.1) is 11.4 Å². The van der Waals surface area contributed by atoms with Crippen LogP contribution in [0.3, 0.4) is 0 Å². The number of nitrogens with two attached hydrogens (primary N) is 1. The van der Waals surface area contributed by atoms with Crippen LogP contribution >= 0.6 is 0 Å². The first kappa shape index (κ1) is 12.3. The number of rotatable bonds is 2. The Morgan fingerprint density at radius 1 is 1.10 bits per heavy atom. The molecule has 0 spiro atoms. The maximum absolute atomic E-state index is 12.4. The summed E-state index contributed by atoms with van der Waals surface area (Å²) in [4.78, 5) is 13.9. The van der Waals surface area contributed by atoms with Crippen molar-refractivity contribution in [3.8, 4) is 0 Å². The van der Waals surface area contributed by atoms with Crippen molar-refractivity contribution in [1.29, 1.82) is 0 Å². The lowest BCUT2D eigenvalue weighted by atomic mass is 10.2. The smallest absolute Gasteiger partial charge is 0.293 e. The number of nitrogen functional groups attached to an aromatic ring is 1. The van der Waals surface area contributed by atoms with Crippen LogP contribution in [0.5, 0.6) is 0 Å². The standard InChI is InChI=1S/C16H14N2O2/c1-18(13-8-4-3-7-12(13)17)16(19)15-10-11-6-2-5-9-14(11)20-15/h2-10H,17H2,1H3. The third-order valence-electron chi connectivity index (χ3n) is 3.24. The summed E-state index contributed by atoms with van der Waals surface area (Å²) in [6.45, 7) is 0. The van der Waals surface area contributed by atoms with Gasteiger partial charge in [0.25, 0.3) is 5.91 Å². The molecule has 0 radical (unpaired) electrons. The van der Waals surface area contributed by atoms with Gasteiger partial charge in [0.2, 0.25) is 0 Å². The van der Waals surface area contributed by atoms with Crippen LogP contribution < -0.4 is 10.6 Å². The average molecular weight is 266 g/mol. The number of furan rings is 1. The van der Waals surface area contributed by atoms with Crippen molar-refractivity contribution in [3.63, 3.8) is 0 Å². The van der Waals surface area contributed by atoms with Gasteiger partial charge in [-0.15, -0.1) is 0 Å². The number of anilines is 2. The van der Waals surface area contributed by atoms with Gasteiger partial charge < -0.3 is 15.1 Å². The number of hydrogen-bond acceptors (Lipinski definition) is 3. The monoisotopic (exact) mass is 266 g/mol. The second kappa shape index (κ2) is 4.74. The van der Waals surface area contributed by atoms with E-state index in [1.807, 2.05) is 36.4 Å². The van der Waals surface area contributed by atoms with Gasteiger partial charge >= 0.3 is 0 Å². The minimum absolute atomic E-state index is 0.223. The van der Waals surface area contributed by atoms with Crippen LogP contribution in [0.25, 0.3) is 11.0 Å². The molecule has 3 rings (SSSR count). The number of carbonyl (C=O) groups excluding carboxylic acids is 1. The normalized spacial score (nSPS) is 10.7. The van der Waals surface area contributed by atoms with Crippen molar-refractivity contribution in [2.24, 2.45) is 0 Å². The maximum atomic E-state index is 12.4. The lowest BCUT2D eigenvalue weighted by Crippen LogP contribution is -2.26. The molecule has 0 saturated carbocycles. The molecular formula is C16H14N2O2. The molecule has 20 heavy (non-hydrogen) atoms. The molecule has 0 aliphatic rings. The number of benzene rings is 2. The van der Waals surface area contributed by atoms with Gasteiger partial charge in [0.15, 0.2) is 5.76 Å². The summed E-state index contributed by atoms with van der Waals surface area (Å²) in [5, 5.41) is 0.908. The maximum Gasteiger partial charge on any atom is 0.293 e. The molecule has 100 valence electrons. The lowest BCUT2D eigenvalue weighted by Gasteiger charge is -2.17. The first-order chi connectivity index (χ1) is 9.66. The molecule has 4 heteroatoms. The average Bonchev–Trinajstić information content (AvgIpc) is 2.90. The summed E-state index contributed by atoms with van der Waals surface area (Å²) in [6, 6.07) is 16.5. The van der Waals surface area contributed by atoms with E-state index in [0.717, 1.165) is 5.39 Å². The molecule has 0 aliphatic heterocycles. The van der Waals surface area contributed by atoms with E-state index in [1.54, 1.807) is 25.2 Å². The zero-order valence-corrected chi connectivity index (χ0v) is 11.0. The summed E-state index contributed by atoms with van der Waals surface area (Å²) >= 11 is 0. The van der Waals surface area contributed by atoms with Crippen molar-refractivity contribution in [1.82, 2.24) is 0 Å². The first-order valence-electron chi connectivity index (χ1n) is 6.28. The van der Waals surface area contributed by atoms with E-state index in [4.69, 9.17) is 10.2 Å². The molecule has 0 atom stereocenters. The van der Waals surface area contributed by atoms with Crippen molar-refractivity contribution in [2.45, 2.75) is 0 Å². The third kappa shape index (κ3) is 2.01. The van der Waals surface area contributed by atoms with Crippen LogP contribution in [0.2, 0.25) is 0 Å². The largest absolute Gasteiger partial charge is 0.451 e. The van der Waals surface area contributed by atoms with E-state index in [1.165, 1.54) is 4.90 Å². The van der Waals surface area contributed by atoms with E-state index in [9.17, 15) is 4.79 Å². The Morgan fingerprint density at radius 2 is 1.80 bits per heavy atom. The van der Waals surface area contributed by atoms with Crippen molar-refractivity contribution < 1.29 is 9.21 Å². The zero-order chi connectivity index (χ0) is 14.1.